The largest absolute Gasteiger partial charge is 0.451 e. The predicted molar refractivity (Wildman–Crippen MR) is 69.3 cm³/mol. The van der Waals surface area contributed by atoms with Gasteiger partial charge in [0.2, 0.25) is 17.4 Å². The van der Waals surface area contributed by atoms with E-state index in [1.165, 1.54) is 6.07 Å². The first kappa shape index (κ1) is 15.3. The van der Waals surface area contributed by atoms with Crippen LogP contribution in [0.1, 0.15) is 26.3 Å². The summed E-state index contributed by atoms with van der Waals surface area (Å²) in [6.45, 7) is 5.83. The summed E-state index contributed by atoms with van der Waals surface area (Å²) in [7, 11) is 0. The molecule has 1 heterocycles. The van der Waals surface area contributed by atoms with Crippen molar-refractivity contribution in [1.29, 1.82) is 0 Å². The number of benzene rings is 1. The summed E-state index contributed by atoms with van der Waals surface area (Å²) in [6, 6.07) is 6.42. The average Bonchev–Trinajstić information content (AvgIpc) is 2.41. The zero-order valence-electron chi connectivity index (χ0n) is 11.7. The van der Waals surface area contributed by atoms with Crippen LogP contribution in [0.5, 0.6) is 11.5 Å². The molecule has 1 aromatic carbocycles. The van der Waals surface area contributed by atoms with Crippen molar-refractivity contribution in [2.24, 2.45) is 0 Å². The third-order valence-electron chi connectivity index (χ3n) is 2.88. The average molecular weight is 299 g/mol. The number of rotatable bonds is 2. The van der Waals surface area contributed by atoms with Gasteiger partial charge >= 0.3 is 0 Å². The van der Waals surface area contributed by atoms with Crippen LogP contribution < -0.4 is 4.74 Å². The molecule has 0 aliphatic rings. The fourth-order valence-electron chi connectivity index (χ4n) is 1.70. The van der Waals surface area contributed by atoms with Gasteiger partial charge in [-0.2, -0.15) is 22.5 Å². The molecule has 0 radical (unpaired) electrons. The molecule has 2 nitrogen and oxygen atoms in total. The Morgan fingerprint density at radius 2 is 1.52 bits per heavy atom. The second kappa shape index (κ2) is 5.35. The Hall–Kier alpha value is -2.11. The van der Waals surface area contributed by atoms with Gasteiger partial charge in [0, 0.05) is 0 Å². The Balaban J connectivity index is 2.44. The van der Waals surface area contributed by atoms with Gasteiger partial charge in [0.15, 0.2) is 0 Å². The van der Waals surface area contributed by atoms with Gasteiger partial charge in [-0.25, -0.2) is 0 Å². The van der Waals surface area contributed by atoms with E-state index in [0.717, 1.165) is 5.56 Å². The Bertz CT molecular complexity index is 654. The molecule has 2 rings (SSSR count). The van der Waals surface area contributed by atoms with Crippen molar-refractivity contribution in [3.8, 4) is 11.5 Å². The highest BCUT2D eigenvalue weighted by Crippen LogP contribution is 2.32. The summed E-state index contributed by atoms with van der Waals surface area (Å²) >= 11 is 0. The standard InChI is InChI=1S/C15H13F4NO/c1-15(2,3)8-5-4-6-9(7-8)21-12-10(16)13(18)20-14(19)11(12)17/h4-7H,1-3H3. The zero-order valence-corrected chi connectivity index (χ0v) is 11.7. The van der Waals surface area contributed by atoms with Crippen LogP contribution >= 0.6 is 0 Å². The second-order valence-corrected chi connectivity index (χ2v) is 5.53. The van der Waals surface area contributed by atoms with E-state index in [-0.39, 0.29) is 11.2 Å². The van der Waals surface area contributed by atoms with E-state index in [1.807, 2.05) is 26.8 Å². The molecule has 0 amide bonds. The molecule has 0 unspecified atom stereocenters. The van der Waals surface area contributed by atoms with Crippen molar-refractivity contribution in [2.75, 3.05) is 0 Å². The third kappa shape index (κ3) is 3.15. The van der Waals surface area contributed by atoms with E-state index in [1.54, 1.807) is 12.1 Å². The van der Waals surface area contributed by atoms with Gasteiger partial charge in [0.05, 0.1) is 0 Å². The number of nitrogens with zero attached hydrogens (tertiary/aromatic N) is 1. The van der Waals surface area contributed by atoms with Gasteiger partial charge in [0.25, 0.3) is 11.9 Å². The molecule has 0 saturated carbocycles. The molecule has 112 valence electrons. The smallest absolute Gasteiger partial charge is 0.255 e. The highest BCUT2D eigenvalue weighted by Gasteiger charge is 2.23. The Kier molecular flexibility index (Phi) is 3.89. The molecular formula is C15H13F4NO. The lowest BCUT2D eigenvalue weighted by Crippen LogP contribution is -2.11. The van der Waals surface area contributed by atoms with Gasteiger partial charge in [-0.1, -0.05) is 32.9 Å². The van der Waals surface area contributed by atoms with Gasteiger partial charge in [-0.15, -0.1) is 0 Å². The highest BCUT2D eigenvalue weighted by atomic mass is 19.2. The van der Waals surface area contributed by atoms with Crippen LogP contribution in [0.3, 0.4) is 0 Å². The number of aromatic nitrogens is 1. The molecule has 0 N–H and O–H groups in total. The van der Waals surface area contributed by atoms with E-state index in [2.05, 4.69) is 4.98 Å². The number of hydrogen-bond donors (Lipinski definition) is 0. The SMILES string of the molecule is CC(C)(C)c1cccc(Oc2c(F)c(F)nc(F)c2F)c1. The Morgan fingerprint density at radius 3 is 2.05 bits per heavy atom. The third-order valence-corrected chi connectivity index (χ3v) is 2.88. The number of pyridine rings is 1. The van der Waals surface area contributed by atoms with Gasteiger partial charge in [-0.3, -0.25) is 0 Å². The fraction of sp³-hybridized carbons (Fsp3) is 0.267. The predicted octanol–water partition coefficient (Wildman–Crippen LogP) is 4.73. The molecular weight excluding hydrogens is 286 g/mol. The van der Waals surface area contributed by atoms with E-state index in [0.29, 0.717) is 0 Å². The van der Waals surface area contributed by atoms with Crippen molar-refractivity contribution in [1.82, 2.24) is 4.98 Å². The van der Waals surface area contributed by atoms with Crippen molar-refractivity contribution in [3.63, 3.8) is 0 Å². The maximum atomic E-state index is 13.5. The summed E-state index contributed by atoms with van der Waals surface area (Å²) in [5.41, 5.74) is 0.626. The topological polar surface area (TPSA) is 22.1 Å². The van der Waals surface area contributed by atoms with Crippen molar-refractivity contribution in [2.45, 2.75) is 26.2 Å². The minimum atomic E-state index is -1.75. The van der Waals surface area contributed by atoms with Crippen LogP contribution in [0, 0.1) is 23.5 Å². The zero-order chi connectivity index (χ0) is 15.8. The summed E-state index contributed by atoms with van der Waals surface area (Å²) < 4.78 is 58.0. The summed E-state index contributed by atoms with van der Waals surface area (Å²) in [4.78, 5) is 2.47. The van der Waals surface area contributed by atoms with Crippen LogP contribution in [-0.2, 0) is 5.41 Å². The van der Waals surface area contributed by atoms with E-state index >= 15 is 0 Å². The quantitative estimate of drug-likeness (QED) is 0.591. The lowest BCUT2D eigenvalue weighted by atomic mass is 9.87. The molecule has 6 heteroatoms. The number of hydrogen-bond acceptors (Lipinski definition) is 2. The van der Waals surface area contributed by atoms with Crippen molar-refractivity contribution in [3.05, 3.63) is 53.4 Å². The van der Waals surface area contributed by atoms with Crippen LogP contribution in [0.2, 0.25) is 0 Å². The maximum absolute atomic E-state index is 13.5. The highest BCUT2D eigenvalue weighted by molar-refractivity contribution is 5.37. The van der Waals surface area contributed by atoms with E-state index in [4.69, 9.17) is 4.74 Å². The first-order valence-corrected chi connectivity index (χ1v) is 6.18. The minimum absolute atomic E-state index is 0.0743. The number of halogens is 4. The van der Waals surface area contributed by atoms with Crippen LogP contribution in [0.4, 0.5) is 17.6 Å². The molecule has 1 aromatic heterocycles. The molecule has 0 atom stereocenters. The summed E-state index contributed by atoms with van der Waals surface area (Å²) in [5, 5.41) is 0. The number of ether oxygens (including phenoxy) is 1. The maximum Gasteiger partial charge on any atom is 0.255 e. The van der Waals surface area contributed by atoms with Crippen molar-refractivity contribution >= 4 is 0 Å². The van der Waals surface area contributed by atoms with E-state index in [9.17, 15) is 17.6 Å². The van der Waals surface area contributed by atoms with Crippen molar-refractivity contribution < 1.29 is 22.3 Å². The van der Waals surface area contributed by atoms with E-state index < -0.39 is 29.3 Å². The molecule has 21 heavy (non-hydrogen) atoms. The van der Waals surface area contributed by atoms with Crippen LogP contribution in [-0.4, -0.2) is 4.98 Å². The second-order valence-electron chi connectivity index (χ2n) is 5.53. The van der Waals surface area contributed by atoms with Gasteiger partial charge < -0.3 is 4.74 Å². The Labute approximate surface area is 119 Å². The first-order chi connectivity index (χ1) is 9.70. The fourth-order valence-corrected chi connectivity index (χ4v) is 1.70. The molecule has 0 aliphatic heterocycles. The van der Waals surface area contributed by atoms with Crippen LogP contribution in [0.25, 0.3) is 0 Å². The van der Waals surface area contributed by atoms with Gasteiger partial charge in [0.1, 0.15) is 5.75 Å². The molecule has 0 spiro atoms. The lowest BCUT2D eigenvalue weighted by molar-refractivity contribution is 0.343. The molecule has 2 aromatic rings. The first-order valence-electron chi connectivity index (χ1n) is 6.18. The monoisotopic (exact) mass is 299 g/mol. The minimum Gasteiger partial charge on any atom is -0.451 e. The molecule has 0 bridgehead atoms. The summed E-state index contributed by atoms with van der Waals surface area (Å²) in [5.74, 6) is -7.92. The normalized spacial score (nSPS) is 11.6. The van der Waals surface area contributed by atoms with Gasteiger partial charge in [-0.05, 0) is 23.1 Å². The summed E-state index contributed by atoms with van der Waals surface area (Å²) in [6.07, 6.45) is 0. The Morgan fingerprint density at radius 1 is 0.952 bits per heavy atom. The molecule has 0 saturated heterocycles. The lowest BCUT2D eigenvalue weighted by Gasteiger charge is -2.19. The molecule has 0 fully saturated rings. The molecule has 0 aliphatic carbocycles. The van der Waals surface area contributed by atoms with Crippen LogP contribution in [0.15, 0.2) is 24.3 Å².